The standard InChI is InChI=1S/C19H19N5O2S/c1-13-5-7-14(8-6-13)15-10-16(17-4-3-9-26-17)24(22-15)18(25)11-27-19-21-20-12-23(19)2/h3-9,12,16H,10-11H2,1-2H3/t16-/m0/s1. The maximum absolute atomic E-state index is 12.9. The number of thioether (sulfide) groups is 1. The van der Waals surface area contributed by atoms with Gasteiger partial charge in [-0.2, -0.15) is 5.10 Å². The molecule has 2 aromatic heterocycles. The Morgan fingerprint density at radius 1 is 1.30 bits per heavy atom. The Hall–Kier alpha value is -2.87. The predicted octanol–water partition coefficient (Wildman–Crippen LogP) is 3.19. The molecule has 0 unspecified atom stereocenters. The van der Waals surface area contributed by atoms with Crippen LogP contribution in [0.4, 0.5) is 0 Å². The summed E-state index contributed by atoms with van der Waals surface area (Å²) >= 11 is 1.35. The molecule has 7 nitrogen and oxygen atoms in total. The SMILES string of the molecule is Cc1ccc(C2=NN(C(=O)CSc3nncn3C)[C@H](c3ccco3)C2)cc1. The third-order valence-electron chi connectivity index (χ3n) is 4.42. The molecule has 0 spiro atoms. The van der Waals surface area contributed by atoms with Gasteiger partial charge in [0, 0.05) is 13.5 Å². The normalized spacial score (nSPS) is 16.6. The lowest BCUT2D eigenvalue weighted by Crippen LogP contribution is -2.28. The average molecular weight is 381 g/mol. The van der Waals surface area contributed by atoms with Gasteiger partial charge >= 0.3 is 0 Å². The minimum atomic E-state index is -0.233. The van der Waals surface area contributed by atoms with Crippen molar-refractivity contribution < 1.29 is 9.21 Å². The molecular weight excluding hydrogens is 362 g/mol. The van der Waals surface area contributed by atoms with Crippen molar-refractivity contribution in [1.29, 1.82) is 0 Å². The first kappa shape index (κ1) is 17.5. The van der Waals surface area contributed by atoms with Crippen LogP contribution in [0.2, 0.25) is 0 Å². The van der Waals surface area contributed by atoms with E-state index >= 15 is 0 Å². The van der Waals surface area contributed by atoms with Crippen LogP contribution in [0.25, 0.3) is 0 Å². The third-order valence-corrected chi connectivity index (χ3v) is 5.44. The van der Waals surface area contributed by atoms with E-state index in [0.717, 1.165) is 17.0 Å². The van der Waals surface area contributed by atoms with Gasteiger partial charge in [0.25, 0.3) is 5.91 Å². The number of carbonyl (C=O) groups excluding carboxylic acids is 1. The van der Waals surface area contributed by atoms with E-state index in [1.807, 2.05) is 50.4 Å². The molecule has 27 heavy (non-hydrogen) atoms. The molecule has 138 valence electrons. The summed E-state index contributed by atoms with van der Waals surface area (Å²) < 4.78 is 7.35. The molecule has 0 saturated heterocycles. The van der Waals surface area contributed by atoms with Crippen LogP contribution in [0.1, 0.15) is 29.3 Å². The molecule has 0 saturated carbocycles. The van der Waals surface area contributed by atoms with Crippen molar-refractivity contribution >= 4 is 23.4 Å². The number of nitrogens with zero attached hydrogens (tertiary/aromatic N) is 5. The summed E-state index contributed by atoms with van der Waals surface area (Å²) in [5.41, 5.74) is 3.09. The van der Waals surface area contributed by atoms with Crippen molar-refractivity contribution in [2.75, 3.05) is 5.75 Å². The zero-order valence-corrected chi connectivity index (χ0v) is 15.9. The molecule has 0 bridgehead atoms. The summed E-state index contributed by atoms with van der Waals surface area (Å²) in [5, 5.41) is 14.7. The second kappa shape index (κ2) is 7.40. The molecular formula is C19H19N5O2S. The number of hydrogen-bond acceptors (Lipinski definition) is 6. The van der Waals surface area contributed by atoms with Crippen molar-refractivity contribution in [2.24, 2.45) is 12.1 Å². The molecule has 3 heterocycles. The number of carbonyl (C=O) groups is 1. The highest BCUT2D eigenvalue weighted by Crippen LogP contribution is 2.33. The van der Waals surface area contributed by atoms with Gasteiger partial charge in [-0.25, -0.2) is 5.01 Å². The van der Waals surface area contributed by atoms with Crippen LogP contribution >= 0.6 is 11.8 Å². The topological polar surface area (TPSA) is 76.5 Å². The predicted molar refractivity (Wildman–Crippen MR) is 102 cm³/mol. The van der Waals surface area contributed by atoms with E-state index < -0.39 is 0 Å². The van der Waals surface area contributed by atoms with Crippen LogP contribution in [-0.2, 0) is 11.8 Å². The molecule has 4 rings (SSSR count). The second-order valence-electron chi connectivity index (χ2n) is 6.40. The van der Waals surface area contributed by atoms with Crippen LogP contribution in [0.5, 0.6) is 0 Å². The van der Waals surface area contributed by atoms with Gasteiger partial charge in [0.2, 0.25) is 0 Å². The van der Waals surface area contributed by atoms with Crippen molar-refractivity contribution in [3.05, 3.63) is 65.9 Å². The summed E-state index contributed by atoms with van der Waals surface area (Å²) in [5.74, 6) is 0.874. The fourth-order valence-electron chi connectivity index (χ4n) is 2.96. The van der Waals surface area contributed by atoms with Gasteiger partial charge in [0.05, 0.1) is 17.7 Å². The Morgan fingerprint density at radius 2 is 2.11 bits per heavy atom. The van der Waals surface area contributed by atoms with Crippen LogP contribution in [0.3, 0.4) is 0 Å². The number of benzene rings is 1. The Bertz CT molecular complexity index is 962. The van der Waals surface area contributed by atoms with Crippen LogP contribution in [0.15, 0.2) is 63.7 Å². The fourth-order valence-corrected chi connectivity index (χ4v) is 3.70. The highest BCUT2D eigenvalue weighted by atomic mass is 32.2. The van der Waals surface area contributed by atoms with Gasteiger partial charge in [-0.3, -0.25) is 4.79 Å². The lowest BCUT2D eigenvalue weighted by molar-refractivity contribution is -0.130. The monoisotopic (exact) mass is 381 g/mol. The molecule has 0 radical (unpaired) electrons. The van der Waals surface area contributed by atoms with Crippen LogP contribution < -0.4 is 0 Å². The van der Waals surface area contributed by atoms with Gasteiger partial charge in [-0.15, -0.1) is 10.2 Å². The van der Waals surface area contributed by atoms with Crippen molar-refractivity contribution in [1.82, 2.24) is 19.8 Å². The molecule has 0 aliphatic carbocycles. The molecule has 1 aromatic carbocycles. The molecule has 1 amide bonds. The second-order valence-corrected chi connectivity index (χ2v) is 7.34. The zero-order valence-electron chi connectivity index (χ0n) is 15.1. The number of aryl methyl sites for hydroxylation is 2. The summed E-state index contributed by atoms with van der Waals surface area (Å²) in [6.45, 7) is 2.05. The number of aromatic nitrogens is 3. The number of furan rings is 1. The summed E-state index contributed by atoms with van der Waals surface area (Å²) in [7, 11) is 1.85. The summed E-state index contributed by atoms with van der Waals surface area (Å²) in [6.07, 6.45) is 3.86. The van der Waals surface area contributed by atoms with E-state index in [2.05, 4.69) is 15.3 Å². The number of hydrogen-bond donors (Lipinski definition) is 0. The third kappa shape index (κ3) is 3.66. The number of rotatable bonds is 5. The number of amides is 1. The van der Waals surface area contributed by atoms with Crippen LogP contribution in [-0.4, -0.2) is 37.1 Å². The summed E-state index contributed by atoms with van der Waals surface area (Å²) in [6, 6.07) is 11.7. The van der Waals surface area contributed by atoms with Crippen molar-refractivity contribution in [3.8, 4) is 0 Å². The van der Waals surface area contributed by atoms with Gasteiger partial charge in [0.15, 0.2) is 5.16 Å². The lowest BCUT2D eigenvalue weighted by atomic mass is 10.0. The molecule has 1 aliphatic rings. The minimum Gasteiger partial charge on any atom is -0.467 e. The quantitative estimate of drug-likeness (QED) is 0.635. The lowest BCUT2D eigenvalue weighted by Gasteiger charge is -2.19. The molecule has 3 aromatic rings. The first-order chi connectivity index (χ1) is 13.1. The van der Waals surface area contributed by atoms with Gasteiger partial charge in [-0.05, 0) is 24.6 Å². The average Bonchev–Trinajstić information content (AvgIpc) is 3.41. The van der Waals surface area contributed by atoms with Gasteiger partial charge < -0.3 is 8.98 Å². The van der Waals surface area contributed by atoms with Gasteiger partial charge in [0.1, 0.15) is 18.1 Å². The molecule has 0 N–H and O–H groups in total. The first-order valence-corrected chi connectivity index (χ1v) is 9.57. The van der Waals surface area contributed by atoms with E-state index in [0.29, 0.717) is 11.6 Å². The largest absolute Gasteiger partial charge is 0.467 e. The Balaban J connectivity index is 1.56. The first-order valence-electron chi connectivity index (χ1n) is 8.58. The van der Waals surface area contributed by atoms with E-state index in [1.54, 1.807) is 17.2 Å². The number of hydrazone groups is 1. The highest BCUT2D eigenvalue weighted by Gasteiger charge is 2.34. The molecule has 1 aliphatic heterocycles. The van der Waals surface area contributed by atoms with Gasteiger partial charge in [-0.1, -0.05) is 41.6 Å². The van der Waals surface area contributed by atoms with E-state index in [4.69, 9.17) is 4.42 Å². The van der Waals surface area contributed by atoms with Crippen molar-refractivity contribution in [2.45, 2.75) is 24.5 Å². The Morgan fingerprint density at radius 3 is 2.78 bits per heavy atom. The maximum atomic E-state index is 12.9. The molecule has 1 atom stereocenters. The highest BCUT2D eigenvalue weighted by molar-refractivity contribution is 7.99. The maximum Gasteiger partial charge on any atom is 0.253 e. The van der Waals surface area contributed by atoms with E-state index in [9.17, 15) is 4.79 Å². The minimum absolute atomic E-state index is 0.0912. The van der Waals surface area contributed by atoms with Crippen LogP contribution in [0, 0.1) is 6.92 Å². The fraction of sp³-hybridized carbons (Fsp3) is 0.263. The zero-order chi connectivity index (χ0) is 18.8. The molecule has 0 fully saturated rings. The molecule has 8 heteroatoms. The Labute approximate surface area is 161 Å². The van der Waals surface area contributed by atoms with E-state index in [-0.39, 0.29) is 17.7 Å². The van der Waals surface area contributed by atoms with Crippen molar-refractivity contribution in [3.63, 3.8) is 0 Å². The summed E-state index contributed by atoms with van der Waals surface area (Å²) in [4.78, 5) is 12.9. The smallest absolute Gasteiger partial charge is 0.253 e. The Kier molecular flexibility index (Phi) is 4.81. The van der Waals surface area contributed by atoms with E-state index in [1.165, 1.54) is 22.3 Å².